The summed E-state index contributed by atoms with van der Waals surface area (Å²) < 4.78 is 16.6. The third-order valence-electron chi connectivity index (χ3n) is 16.2. The summed E-state index contributed by atoms with van der Waals surface area (Å²) in [4.78, 5) is 80.2. The fraction of sp³-hybridized carbons (Fsp3) is 0.571. The number of ether oxygens (including phenoxy) is 3. The van der Waals surface area contributed by atoms with Gasteiger partial charge in [-0.05, 0) is 115 Å². The minimum atomic E-state index is -1.03. The minimum Gasteiger partial charge on any atom is -0.495 e. The van der Waals surface area contributed by atoms with Gasteiger partial charge in [0.25, 0.3) is 5.91 Å². The molecule has 6 aliphatic rings. The predicted molar refractivity (Wildman–Crippen MR) is 293 cm³/mol. The molecule has 0 spiro atoms. The molecule has 4 aromatic rings. The maximum absolute atomic E-state index is 13.3. The molecule has 3 saturated carbocycles. The first kappa shape index (κ1) is 54.0. The van der Waals surface area contributed by atoms with E-state index in [0.29, 0.717) is 77.2 Å². The highest BCUT2D eigenvalue weighted by Gasteiger charge is 2.43. The Labute approximate surface area is 446 Å². The maximum atomic E-state index is 13.3. The summed E-state index contributed by atoms with van der Waals surface area (Å²) in [5.41, 5.74) is 2.21. The molecule has 0 bridgehead atoms. The van der Waals surface area contributed by atoms with Crippen LogP contribution in [0.1, 0.15) is 125 Å². The summed E-state index contributed by atoms with van der Waals surface area (Å²) in [6.07, 6.45) is 16.6. The number of amides is 3. The lowest BCUT2D eigenvalue weighted by Crippen LogP contribution is -2.47. The predicted octanol–water partition coefficient (Wildman–Crippen LogP) is 8.03. The highest BCUT2D eigenvalue weighted by atomic mass is 16.5. The topological polar surface area (TPSA) is 220 Å². The van der Waals surface area contributed by atoms with Gasteiger partial charge in [0.15, 0.2) is 11.6 Å². The molecule has 20 heteroatoms. The van der Waals surface area contributed by atoms with Crippen molar-refractivity contribution < 1.29 is 38.5 Å². The quantitative estimate of drug-likeness (QED) is 0.105. The third-order valence-corrected chi connectivity index (χ3v) is 16.2. The maximum Gasteiger partial charge on any atom is 0.335 e. The number of morpholine rings is 1. The molecule has 4 fully saturated rings. The van der Waals surface area contributed by atoms with Gasteiger partial charge in [0.05, 0.1) is 67.6 Å². The number of nitrogens with one attached hydrogen (secondary N) is 3. The number of carbonyl (C=O) groups is 4. The van der Waals surface area contributed by atoms with Gasteiger partial charge in [0, 0.05) is 70.0 Å². The van der Waals surface area contributed by atoms with Crippen molar-refractivity contribution in [3.05, 3.63) is 59.9 Å². The number of anilines is 8. The molecule has 3 aliphatic carbocycles. The van der Waals surface area contributed by atoms with Gasteiger partial charge in [0.1, 0.15) is 22.9 Å². The van der Waals surface area contributed by atoms with Gasteiger partial charge in [0.2, 0.25) is 23.7 Å². The van der Waals surface area contributed by atoms with Crippen LogP contribution in [0.4, 0.5) is 46.3 Å². The van der Waals surface area contributed by atoms with Gasteiger partial charge in [-0.2, -0.15) is 9.97 Å². The lowest BCUT2D eigenvalue weighted by Gasteiger charge is -2.38. The van der Waals surface area contributed by atoms with E-state index in [1.54, 1.807) is 55.5 Å². The van der Waals surface area contributed by atoms with E-state index in [-0.39, 0.29) is 29.3 Å². The largest absolute Gasteiger partial charge is 0.495 e. The van der Waals surface area contributed by atoms with Crippen molar-refractivity contribution >= 4 is 70.0 Å². The number of carbonyl (C=O) groups excluding carboxylic acids is 3. The average molecular weight is 1050 g/mol. The van der Waals surface area contributed by atoms with Gasteiger partial charge < -0.3 is 54.9 Å². The number of carboxylic acids is 1. The van der Waals surface area contributed by atoms with Crippen molar-refractivity contribution in [1.29, 1.82) is 0 Å². The van der Waals surface area contributed by atoms with Crippen LogP contribution in [0, 0.1) is 10.8 Å². The third kappa shape index (κ3) is 11.6. The molecule has 0 unspecified atom stereocenters. The highest BCUT2D eigenvalue weighted by Crippen LogP contribution is 2.43. The van der Waals surface area contributed by atoms with Gasteiger partial charge in [-0.1, -0.05) is 25.7 Å². The monoisotopic (exact) mass is 1040 g/mol. The van der Waals surface area contributed by atoms with Crippen LogP contribution in [0.25, 0.3) is 0 Å². The van der Waals surface area contributed by atoms with E-state index in [2.05, 4.69) is 40.6 Å². The molecule has 20 nitrogen and oxygen atoms in total. The number of benzene rings is 2. The van der Waals surface area contributed by atoms with E-state index in [9.17, 15) is 24.3 Å². The van der Waals surface area contributed by atoms with Crippen molar-refractivity contribution in [3.63, 3.8) is 0 Å². The van der Waals surface area contributed by atoms with Crippen LogP contribution >= 0.6 is 0 Å². The van der Waals surface area contributed by atoms with Crippen LogP contribution in [-0.4, -0.2) is 146 Å². The van der Waals surface area contributed by atoms with Crippen molar-refractivity contribution in [2.75, 3.05) is 97.9 Å². The normalized spacial score (nSPS) is 21.9. The number of aromatic carboxylic acids is 1. The fourth-order valence-electron chi connectivity index (χ4n) is 11.9. The number of carboxylic acid groups (broad SMARTS) is 1. The van der Waals surface area contributed by atoms with E-state index in [4.69, 9.17) is 24.2 Å². The van der Waals surface area contributed by atoms with Crippen molar-refractivity contribution in [2.45, 2.75) is 129 Å². The Kier molecular flexibility index (Phi) is 16.2. The highest BCUT2D eigenvalue weighted by molar-refractivity contribution is 6.02. The van der Waals surface area contributed by atoms with E-state index < -0.39 is 16.8 Å². The second kappa shape index (κ2) is 22.8. The van der Waals surface area contributed by atoms with Crippen LogP contribution in [0.2, 0.25) is 0 Å². The van der Waals surface area contributed by atoms with Crippen molar-refractivity contribution in [3.8, 4) is 11.5 Å². The Balaban J connectivity index is 0.000000195. The minimum absolute atomic E-state index is 0.0366. The molecule has 408 valence electrons. The van der Waals surface area contributed by atoms with Crippen LogP contribution in [0.15, 0.2) is 48.8 Å². The molecular formula is C56H76N12O8. The number of nitrogens with zero attached hydrogens (tertiary/aromatic N) is 9. The zero-order chi connectivity index (χ0) is 53.9. The molecule has 2 aromatic heterocycles. The molecular weight excluding hydrogens is 969 g/mol. The molecule has 3 amide bonds. The molecule has 4 N–H and O–H groups in total. The first-order valence-corrected chi connectivity index (χ1v) is 27.0. The average Bonchev–Trinajstić information content (AvgIpc) is 4.16. The first-order chi connectivity index (χ1) is 36.4. The van der Waals surface area contributed by atoms with Gasteiger partial charge in [-0.3, -0.25) is 19.3 Å². The molecule has 1 saturated heterocycles. The number of aromatic nitrogens is 4. The van der Waals surface area contributed by atoms with Crippen molar-refractivity contribution in [1.82, 2.24) is 30.2 Å². The van der Waals surface area contributed by atoms with Crippen LogP contribution < -0.4 is 45.0 Å². The molecule has 2 aromatic carbocycles. The second-order valence-corrected chi connectivity index (χ2v) is 22.4. The lowest BCUT2D eigenvalue weighted by molar-refractivity contribution is -0.126. The Morgan fingerprint density at radius 2 is 1.09 bits per heavy atom. The number of methoxy groups -OCH3 is 2. The smallest absolute Gasteiger partial charge is 0.335 e. The van der Waals surface area contributed by atoms with Gasteiger partial charge in [-0.15, -0.1) is 0 Å². The molecule has 3 aliphatic heterocycles. The summed E-state index contributed by atoms with van der Waals surface area (Å²) in [5.74, 6) is 2.17. The zero-order valence-corrected chi connectivity index (χ0v) is 45.5. The van der Waals surface area contributed by atoms with Crippen LogP contribution in [0.3, 0.4) is 0 Å². The van der Waals surface area contributed by atoms with E-state index in [1.165, 1.54) is 44.9 Å². The summed E-state index contributed by atoms with van der Waals surface area (Å²) >= 11 is 0. The Morgan fingerprint density at radius 1 is 0.645 bits per heavy atom. The van der Waals surface area contributed by atoms with Crippen molar-refractivity contribution in [2.24, 2.45) is 10.8 Å². The lowest BCUT2D eigenvalue weighted by atomic mass is 9.89. The van der Waals surface area contributed by atoms with Crippen LogP contribution in [-0.2, 0) is 14.3 Å². The van der Waals surface area contributed by atoms with E-state index in [1.807, 2.05) is 39.8 Å². The fourth-order valence-corrected chi connectivity index (χ4v) is 11.9. The second-order valence-electron chi connectivity index (χ2n) is 22.4. The summed E-state index contributed by atoms with van der Waals surface area (Å²) in [6, 6.07) is 11.4. The van der Waals surface area contributed by atoms with Gasteiger partial charge >= 0.3 is 5.97 Å². The zero-order valence-electron chi connectivity index (χ0n) is 45.5. The van der Waals surface area contributed by atoms with E-state index >= 15 is 0 Å². The number of rotatable bonds is 12. The number of hydrogen-bond donors (Lipinski definition) is 4. The van der Waals surface area contributed by atoms with Crippen LogP contribution in [0.5, 0.6) is 11.5 Å². The number of fused-ring (bicyclic) bond motifs is 2. The molecule has 0 radical (unpaired) electrons. The SMILES string of the molecule is COc1cc(C(=O)NC2CCC(N3CCOCC3)CC2)ccc1Nc1ncc2c(n1)N(C1CCCC1)CC(C)(C)C(=O)N2C.COc1cc(C(=O)O)ccc1Nc1ncc2c(n1)N(C1CCCC1)CC(C)(C)C(=O)N2C. The summed E-state index contributed by atoms with van der Waals surface area (Å²) in [7, 11) is 6.65. The Bertz CT molecular complexity index is 2770. The van der Waals surface area contributed by atoms with Gasteiger partial charge in [-0.25, -0.2) is 14.8 Å². The summed E-state index contributed by atoms with van der Waals surface area (Å²) in [6.45, 7) is 12.8. The molecule has 5 heterocycles. The Morgan fingerprint density at radius 3 is 1.54 bits per heavy atom. The Hall–Kier alpha value is -6.80. The van der Waals surface area contributed by atoms with E-state index in [0.717, 1.165) is 95.0 Å². The molecule has 0 atom stereocenters. The molecule has 76 heavy (non-hydrogen) atoms. The first-order valence-electron chi connectivity index (χ1n) is 27.0. The molecule has 10 rings (SSSR count). The summed E-state index contributed by atoms with van der Waals surface area (Å²) in [5, 5.41) is 18.9. The number of hydrogen-bond acceptors (Lipinski definition) is 16. The standard InChI is InChI=1S/C33H47N7O4.C23H29N5O4/c1-33(2)21-40(25-7-5-6-8-25)29-27(38(3)31(33)42)20-34-32(37-29)36-26-14-9-22(19-28(26)43-4)30(41)35-23-10-12-24(13-11-23)39-15-17-44-18-16-39;1-23(2)13-28(15-7-5-6-8-15)19-17(27(3)21(23)31)12-24-22(26-19)25-16-10-9-14(20(29)30)11-18(16)32-4/h9,14,19-20,23-25H,5-8,10-13,15-18,21H2,1-4H3,(H,35,41)(H,34,36,37);9-12,15H,5-8,13H2,1-4H3,(H,29,30)(H,24,25,26).